The summed E-state index contributed by atoms with van der Waals surface area (Å²) in [5.74, 6) is 1.47. The molecule has 0 unspecified atom stereocenters. The molecule has 5 heteroatoms. The third kappa shape index (κ3) is 2.83. The number of hydrogen-bond donors (Lipinski definition) is 0. The lowest BCUT2D eigenvalue weighted by Gasteiger charge is -2.08. The quantitative estimate of drug-likeness (QED) is 0.762. The van der Waals surface area contributed by atoms with Crippen LogP contribution in [0, 0.1) is 5.92 Å². The van der Waals surface area contributed by atoms with Gasteiger partial charge in [-0.2, -0.15) is 0 Å². The Kier molecular flexibility index (Phi) is 3.86. The maximum absolute atomic E-state index is 5.92. The number of aromatic nitrogens is 2. The van der Waals surface area contributed by atoms with Crippen LogP contribution in [0.25, 0.3) is 0 Å². The van der Waals surface area contributed by atoms with Crippen LogP contribution in [0.15, 0.2) is 4.47 Å². The smallest absolute Gasteiger partial charge is 0.148 e. The summed E-state index contributed by atoms with van der Waals surface area (Å²) < 4.78 is 0.584. The van der Waals surface area contributed by atoms with Crippen LogP contribution < -0.4 is 0 Å². The summed E-state index contributed by atoms with van der Waals surface area (Å²) >= 11 is 15.1. The fourth-order valence-electron chi connectivity index (χ4n) is 2.00. The molecule has 0 radical (unpaired) electrons. The van der Waals surface area contributed by atoms with Crippen LogP contribution in [0.5, 0.6) is 0 Å². The molecular weight excluding hydrogens is 299 g/mol. The van der Waals surface area contributed by atoms with E-state index in [1.165, 1.54) is 25.7 Å². The van der Waals surface area contributed by atoms with Crippen LogP contribution in [-0.4, -0.2) is 9.97 Å². The second kappa shape index (κ2) is 4.98. The maximum Gasteiger partial charge on any atom is 0.148 e. The van der Waals surface area contributed by atoms with Crippen molar-refractivity contribution in [3.05, 3.63) is 20.6 Å². The highest BCUT2D eigenvalue weighted by Gasteiger charge is 2.18. The van der Waals surface area contributed by atoms with Gasteiger partial charge >= 0.3 is 0 Å². The summed E-state index contributed by atoms with van der Waals surface area (Å²) in [6.07, 6.45) is 6.08. The van der Waals surface area contributed by atoms with Gasteiger partial charge in [0.25, 0.3) is 0 Å². The Morgan fingerprint density at radius 1 is 1.13 bits per heavy atom. The van der Waals surface area contributed by atoms with Gasteiger partial charge in [0, 0.05) is 6.42 Å². The Morgan fingerprint density at radius 3 is 2.20 bits per heavy atom. The van der Waals surface area contributed by atoms with Crippen molar-refractivity contribution >= 4 is 39.1 Å². The Morgan fingerprint density at radius 2 is 1.67 bits per heavy atom. The Balaban J connectivity index is 2.14. The topological polar surface area (TPSA) is 25.8 Å². The molecule has 1 saturated carbocycles. The lowest BCUT2D eigenvalue weighted by Crippen LogP contribution is -2.04. The van der Waals surface area contributed by atoms with E-state index in [0.29, 0.717) is 20.7 Å². The lowest BCUT2D eigenvalue weighted by molar-refractivity contribution is 0.530. The highest BCUT2D eigenvalue weighted by molar-refractivity contribution is 9.10. The summed E-state index contributed by atoms with van der Waals surface area (Å²) in [6, 6.07) is 0. The molecular formula is C10H11BrCl2N2. The molecule has 1 aliphatic carbocycles. The third-order valence-electron chi connectivity index (χ3n) is 2.76. The van der Waals surface area contributed by atoms with E-state index in [4.69, 9.17) is 23.2 Å². The van der Waals surface area contributed by atoms with Crippen molar-refractivity contribution in [1.82, 2.24) is 9.97 Å². The summed E-state index contributed by atoms with van der Waals surface area (Å²) in [5.41, 5.74) is 0. The van der Waals surface area contributed by atoms with Crippen LogP contribution in [0.1, 0.15) is 31.5 Å². The van der Waals surface area contributed by atoms with E-state index in [2.05, 4.69) is 25.9 Å². The molecule has 0 amide bonds. The molecule has 1 aliphatic rings. The van der Waals surface area contributed by atoms with Gasteiger partial charge in [0.2, 0.25) is 0 Å². The van der Waals surface area contributed by atoms with Crippen molar-refractivity contribution in [3.8, 4) is 0 Å². The minimum atomic E-state index is 0.406. The van der Waals surface area contributed by atoms with Crippen molar-refractivity contribution < 1.29 is 0 Å². The van der Waals surface area contributed by atoms with Crippen molar-refractivity contribution in [2.45, 2.75) is 32.1 Å². The van der Waals surface area contributed by atoms with Crippen LogP contribution >= 0.6 is 39.1 Å². The average molecular weight is 310 g/mol. The normalized spacial score (nSPS) is 17.3. The van der Waals surface area contributed by atoms with E-state index < -0.39 is 0 Å². The fourth-order valence-corrected chi connectivity index (χ4v) is 2.60. The number of rotatable bonds is 2. The number of hydrogen-bond acceptors (Lipinski definition) is 2. The SMILES string of the molecule is Clc1nc(CC2CCCC2)nc(Cl)c1Br. The minimum Gasteiger partial charge on any atom is -0.220 e. The van der Waals surface area contributed by atoms with Crippen molar-refractivity contribution in [1.29, 1.82) is 0 Å². The van der Waals surface area contributed by atoms with E-state index in [1.54, 1.807) is 0 Å². The lowest BCUT2D eigenvalue weighted by atomic mass is 10.0. The third-order valence-corrected chi connectivity index (χ3v) is 4.52. The summed E-state index contributed by atoms with van der Waals surface area (Å²) in [6.45, 7) is 0. The summed E-state index contributed by atoms with van der Waals surface area (Å²) in [7, 11) is 0. The van der Waals surface area contributed by atoms with Crippen molar-refractivity contribution in [2.75, 3.05) is 0 Å². The van der Waals surface area contributed by atoms with Crippen LogP contribution in [0.2, 0.25) is 10.3 Å². The van der Waals surface area contributed by atoms with Gasteiger partial charge < -0.3 is 0 Å². The van der Waals surface area contributed by atoms with Gasteiger partial charge in [-0.15, -0.1) is 0 Å². The maximum atomic E-state index is 5.92. The zero-order chi connectivity index (χ0) is 10.8. The highest BCUT2D eigenvalue weighted by Crippen LogP contribution is 2.30. The van der Waals surface area contributed by atoms with Gasteiger partial charge in [-0.25, -0.2) is 9.97 Å². The van der Waals surface area contributed by atoms with Crippen LogP contribution in [-0.2, 0) is 6.42 Å². The number of nitrogens with zero attached hydrogens (tertiary/aromatic N) is 2. The highest BCUT2D eigenvalue weighted by atomic mass is 79.9. The summed E-state index contributed by atoms with van der Waals surface area (Å²) in [4.78, 5) is 8.44. The van der Waals surface area contributed by atoms with Crippen LogP contribution in [0.3, 0.4) is 0 Å². The van der Waals surface area contributed by atoms with E-state index in [9.17, 15) is 0 Å². The zero-order valence-electron chi connectivity index (χ0n) is 8.14. The molecule has 0 N–H and O–H groups in total. The molecule has 0 spiro atoms. The molecule has 82 valence electrons. The fraction of sp³-hybridized carbons (Fsp3) is 0.600. The first-order valence-corrected chi connectivity index (χ1v) is 6.59. The molecule has 2 nitrogen and oxygen atoms in total. The molecule has 0 saturated heterocycles. The Bertz CT molecular complexity index is 341. The zero-order valence-corrected chi connectivity index (χ0v) is 11.2. The molecule has 1 fully saturated rings. The molecule has 1 aromatic heterocycles. The minimum absolute atomic E-state index is 0.406. The molecule has 0 aliphatic heterocycles. The predicted molar refractivity (Wildman–Crippen MR) is 65.4 cm³/mol. The Hall–Kier alpha value is 0.140. The summed E-state index contributed by atoms with van der Waals surface area (Å²) in [5, 5.41) is 0.811. The van der Waals surface area contributed by atoms with Crippen LogP contribution in [0.4, 0.5) is 0 Å². The molecule has 15 heavy (non-hydrogen) atoms. The first kappa shape index (κ1) is 11.6. The standard InChI is InChI=1S/C10H11BrCl2N2/c11-8-9(12)14-7(15-10(8)13)5-6-3-1-2-4-6/h6H,1-5H2. The molecule has 1 aromatic rings. The molecule has 2 rings (SSSR count). The van der Waals surface area contributed by atoms with Gasteiger partial charge in [-0.1, -0.05) is 48.9 Å². The molecule has 0 bridgehead atoms. The first-order valence-electron chi connectivity index (χ1n) is 5.04. The van der Waals surface area contributed by atoms with E-state index >= 15 is 0 Å². The monoisotopic (exact) mass is 308 g/mol. The molecule has 0 atom stereocenters. The van der Waals surface area contributed by atoms with Gasteiger partial charge in [-0.3, -0.25) is 0 Å². The predicted octanol–water partition coefficient (Wildman–Crippen LogP) is 4.28. The number of halogens is 3. The second-order valence-electron chi connectivity index (χ2n) is 3.89. The largest absolute Gasteiger partial charge is 0.220 e. The Labute approximate surface area is 108 Å². The van der Waals surface area contributed by atoms with E-state index in [1.807, 2.05) is 0 Å². The van der Waals surface area contributed by atoms with Gasteiger partial charge in [-0.05, 0) is 21.8 Å². The first-order chi connectivity index (χ1) is 7.16. The second-order valence-corrected chi connectivity index (χ2v) is 5.40. The van der Waals surface area contributed by atoms with Crippen molar-refractivity contribution in [3.63, 3.8) is 0 Å². The van der Waals surface area contributed by atoms with E-state index in [-0.39, 0.29) is 0 Å². The van der Waals surface area contributed by atoms with Gasteiger partial charge in [0.15, 0.2) is 0 Å². The van der Waals surface area contributed by atoms with Gasteiger partial charge in [0.1, 0.15) is 16.1 Å². The average Bonchev–Trinajstić information content (AvgIpc) is 2.66. The molecule has 1 heterocycles. The molecule has 0 aromatic carbocycles. The van der Waals surface area contributed by atoms with Crippen molar-refractivity contribution in [2.24, 2.45) is 5.92 Å². The van der Waals surface area contributed by atoms with Gasteiger partial charge in [0.05, 0.1) is 4.47 Å². The van der Waals surface area contributed by atoms with E-state index in [0.717, 1.165) is 12.2 Å².